The number of hydrogen-bond donors (Lipinski definition) is 0. The van der Waals surface area contributed by atoms with Gasteiger partial charge in [0.05, 0.1) is 17.8 Å². The molecule has 3 unspecified atom stereocenters. The summed E-state index contributed by atoms with van der Waals surface area (Å²) < 4.78 is 81.1. The van der Waals surface area contributed by atoms with Gasteiger partial charge in [-0.1, -0.05) is 79.5 Å². The lowest BCUT2D eigenvalue weighted by Gasteiger charge is -2.45. The van der Waals surface area contributed by atoms with Gasteiger partial charge in [-0.15, -0.1) is 0 Å². The molecule has 246 valence electrons. The van der Waals surface area contributed by atoms with Crippen LogP contribution in [0.2, 0.25) is 18.1 Å². The maximum atomic E-state index is 13.0. The molecule has 1 spiro atoms. The van der Waals surface area contributed by atoms with E-state index in [4.69, 9.17) is 14.1 Å². The molecule has 6 nitrogen and oxygen atoms in total. The van der Waals surface area contributed by atoms with Crippen molar-refractivity contribution in [1.82, 2.24) is 4.98 Å². The largest absolute Gasteiger partial charge is 0.523 e. The molecule has 2 heterocycles. The van der Waals surface area contributed by atoms with Crippen molar-refractivity contribution < 1.29 is 34.9 Å². The summed E-state index contributed by atoms with van der Waals surface area (Å²) >= 11 is 0. The van der Waals surface area contributed by atoms with Gasteiger partial charge in [0.15, 0.2) is 8.32 Å². The molecule has 4 aliphatic rings. The fourth-order valence-corrected chi connectivity index (χ4v) is 8.96. The summed E-state index contributed by atoms with van der Waals surface area (Å²) in [6.07, 6.45) is 8.59. The minimum Gasteiger partial charge on any atom is -0.410 e. The molecular formula is C33H48F3NO5SSi. The molecule has 0 radical (unpaired) electrons. The van der Waals surface area contributed by atoms with Crippen molar-refractivity contribution in [3.8, 4) is 0 Å². The highest BCUT2D eigenvalue weighted by Crippen LogP contribution is 2.61. The van der Waals surface area contributed by atoms with Crippen molar-refractivity contribution >= 4 is 18.4 Å². The number of hydrogen-bond acceptors (Lipinski definition) is 6. The second-order valence-electron chi connectivity index (χ2n) is 15.7. The molecule has 11 heteroatoms. The first-order valence-electron chi connectivity index (χ1n) is 15.9. The molecule has 0 N–H and O–H groups in total. The Labute approximate surface area is 262 Å². The molecule has 0 bridgehead atoms. The predicted molar refractivity (Wildman–Crippen MR) is 167 cm³/mol. The van der Waals surface area contributed by atoms with Crippen LogP contribution in [0.4, 0.5) is 13.2 Å². The van der Waals surface area contributed by atoms with Crippen LogP contribution in [0.3, 0.4) is 0 Å². The molecular weight excluding hydrogens is 608 g/mol. The first kappa shape index (κ1) is 33.8. The van der Waals surface area contributed by atoms with Gasteiger partial charge >= 0.3 is 15.6 Å². The predicted octanol–water partition coefficient (Wildman–Crippen LogP) is 9.20. The van der Waals surface area contributed by atoms with E-state index in [2.05, 4.69) is 65.7 Å². The third-order valence-electron chi connectivity index (χ3n) is 10.3. The molecule has 1 aromatic rings. The summed E-state index contributed by atoms with van der Waals surface area (Å²) in [7, 11) is -7.87. The third-order valence-corrected chi connectivity index (χ3v) is 15.8. The van der Waals surface area contributed by atoms with Crippen molar-refractivity contribution in [2.45, 2.75) is 147 Å². The van der Waals surface area contributed by atoms with Crippen molar-refractivity contribution in [3.05, 3.63) is 51.9 Å². The second kappa shape index (κ2) is 11.0. The van der Waals surface area contributed by atoms with Gasteiger partial charge < -0.3 is 9.16 Å². The average molecular weight is 656 g/mol. The fraction of sp³-hybridized carbons (Fsp3) is 0.727. The van der Waals surface area contributed by atoms with Crippen LogP contribution in [0.1, 0.15) is 133 Å². The van der Waals surface area contributed by atoms with Gasteiger partial charge in [-0.05, 0) is 72.7 Å². The van der Waals surface area contributed by atoms with E-state index in [9.17, 15) is 21.6 Å². The zero-order valence-electron chi connectivity index (χ0n) is 27.5. The van der Waals surface area contributed by atoms with E-state index < -0.39 is 41.8 Å². The van der Waals surface area contributed by atoms with Crippen LogP contribution >= 0.6 is 0 Å². The summed E-state index contributed by atoms with van der Waals surface area (Å²) in [6, 6.07) is 0. The van der Waals surface area contributed by atoms with E-state index in [1.807, 2.05) is 0 Å². The molecule has 1 saturated carbocycles. The molecule has 3 atom stereocenters. The van der Waals surface area contributed by atoms with E-state index >= 15 is 0 Å². The van der Waals surface area contributed by atoms with Gasteiger partial charge in [-0.3, -0.25) is 9.17 Å². The highest BCUT2D eigenvalue weighted by Gasteiger charge is 2.54. The smallest absolute Gasteiger partial charge is 0.410 e. The molecule has 5 rings (SSSR count). The SMILES string of the molecule is CC(C)c1nc2c(c3c1C(C1=CCC(OS(=O)(=O)C(F)(F)F)C=C1)OC31CCCC1)C(O[Si](C)(C)C(C)(C)C)CC(C)(C)C2. The Morgan fingerprint density at radius 1 is 1.09 bits per heavy atom. The Hall–Kier alpha value is -1.53. The van der Waals surface area contributed by atoms with E-state index in [0.717, 1.165) is 61.0 Å². The van der Waals surface area contributed by atoms with Crippen LogP contribution in [0.25, 0.3) is 0 Å². The summed E-state index contributed by atoms with van der Waals surface area (Å²) in [5, 5.41) is 0.0310. The number of rotatable bonds is 6. The number of alkyl halides is 3. The number of aromatic nitrogens is 1. The molecule has 0 amide bonds. The van der Waals surface area contributed by atoms with E-state index in [1.165, 1.54) is 17.2 Å². The van der Waals surface area contributed by atoms with Crippen molar-refractivity contribution in [2.24, 2.45) is 5.41 Å². The van der Waals surface area contributed by atoms with Crippen LogP contribution in [-0.2, 0) is 35.5 Å². The summed E-state index contributed by atoms with van der Waals surface area (Å²) in [4.78, 5) is 5.39. The second-order valence-corrected chi connectivity index (χ2v) is 22.1. The topological polar surface area (TPSA) is 74.7 Å². The van der Waals surface area contributed by atoms with Gasteiger partial charge in [0.2, 0.25) is 0 Å². The number of nitrogens with zero attached hydrogens (tertiary/aromatic N) is 1. The molecule has 3 aliphatic carbocycles. The minimum atomic E-state index is -5.70. The summed E-state index contributed by atoms with van der Waals surface area (Å²) in [5.74, 6) is 0.114. The van der Waals surface area contributed by atoms with Crippen molar-refractivity contribution in [3.63, 3.8) is 0 Å². The fourth-order valence-electron chi connectivity index (χ4n) is 7.12. The molecule has 0 saturated heterocycles. The van der Waals surface area contributed by atoms with Crippen molar-refractivity contribution in [2.75, 3.05) is 0 Å². The molecule has 1 aliphatic heterocycles. The van der Waals surface area contributed by atoms with Gasteiger partial charge in [-0.25, -0.2) is 0 Å². The molecule has 0 aromatic carbocycles. The monoisotopic (exact) mass is 655 g/mol. The molecule has 1 fully saturated rings. The van der Waals surface area contributed by atoms with Crippen molar-refractivity contribution in [1.29, 1.82) is 0 Å². The van der Waals surface area contributed by atoms with Crippen LogP contribution in [0, 0.1) is 5.41 Å². The highest BCUT2D eigenvalue weighted by atomic mass is 32.2. The van der Waals surface area contributed by atoms with Crippen LogP contribution in [0.5, 0.6) is 0 Å². The Morgan fingerprint density at radius 2 is 1.73 bits per heavy atom. The quantitative estimate of drug-likeness (QED) is 0.173. The summed E-state index contributed by atoms with van der Waals surface area (Å²) in [5.41, 5.74) is 0.402. The van der Waals surface area contributed by atoms with E-state index in [0.29, 0.717) is 0 Å². The van der Waals surface area contributed by atoms with Gasteiger partial charge in [0, 0.05) is 22.5 Å². The van der Waals surface area contributed by atoms with Gasteiger partial charge in [-0.2, -0.15) is 21.6 Å². The Morgan fingerprint density at radius 3 is 2.25 bits per heavy atom. The Bertz CT molecular complexity index is 1470. The first-order valence-corrected chi connectivity index (χ1v) is 20.2. The standard InChI is InChI=1S/C33H48F3NO5SSi/c1-20(2)28-26-27(25-23(37-28)18-31(6,7)19-24(25)42-44(8,9)30(3,4)5)32(16-10-11-17-32)40-29(26)21-12-14-22(15-13-21)41-43(38,39)33(34,35)36/h12-14,20,22,24,29H,10-11,15-19H2,1-9H3. The van der Waals surface area contributed by atoms with Crippen LogP contribution < -0.4 is 0 Å². The van der Waals surface area contributed by atoms with Gasteiger partial charge in [0.25, 0.3) is 0 Å². The Balaban J connectivity index is 1.63. The summed E-state index contributed by atoms with van der Waals surface area (Å²) in [6.45, 7) is 20.2. The lowest BCUT2D eigenvalue weighted by molar-refractivity contribution is -0.0592. The van der Waals surface area contributed by atoms with Crippen LogP contribution in [-0.4, -0.2) is 33.3 Å². The van der Waals surface area contributed by atoms with Crippen LogP contribution in [0.15, 0.2) is 23.8 Å². The zero-order valence-corrected chi connectivity index (χ0v) is 29.3. The number of fused-ring (bicyclic) bond motifs is 4. The number of pyridine rings is 1. The van der Waals surface area contributed by atoms with E-state index in [-0.39, 0.29) is 28.9 Å². The lowest BCUT2D eigenvalue weighted by Crippen LogP contribution is -2.44. The first-order chi connectivity index (χ1) is 20.1. The van der Waals surface area contributed by atoms with E-state index in [1.54, 1.807) is 12.2 Å². The normalized spacial score (nSPS) is 26.7. The third kappa shape index (κ3) is 6.00. The maximum absolute atomic E-state index is 13.0. The average Bonchev–Trinajstić information content (AvgIpc) is 3.46. The lowest BCUT2D eigenvalue weighted by atomic mass is 9.70. The Kier molecular flexibility index (Phi) is 8.48. The minimum absolute atomic E-state index is 0.00991. The maximum Gasteiger partial charge on any atom is 0.523 e. The molecule has 44 heavy (non-hydrogen) atoms. The van der Waals surface area contributed by atoms with Gasteiger partial charge in [0.1, 0.15) is 6.10 Å². The molecule has 1 aromatic heterocycles. The number of ether oxygens (including phenoxy) is 1. The zero-order chi connectivity index (χ0) is 32.7. The number of halogens is 3. The highest BCUT2D eigenvalue weighted by molar-refractivity contribution is 7.87.